The molecule has 30 heavy (non-hydrogen) atoms. The molecule has 0 saturated carbocycles. The van der Waals surface area contributed by atoms with Crippen molar-refractivity contribution in [1.82, 2.24) is 14.8 Å². The highest BCUT2D eigenvalue weighted by Gasteiger charge is 2.23. The number of hydrogen-bond acceptors (Lipinski definition) is 2. The summed E-state index contributed by atoms with van der Waals surface area (Å²) in [5, 5.41) is 4.85. The SMILES string of the molecule is CC(Cc1c(-c2ccncc2)c(-c2ccc(F)cc2)nn1C)C(C)c1ccccc1. The fraction of sp³-hybridized carbons (Fsp3) is 0.231. The van der Waals surface area contributed by atoms with E-state index in [9.17, 15) is 4.39 Å². The lowest BCUT2D eigenvalue weighted by Crippen LogP contribution is -2.12. The van der Waals surface area contributed by atoms with E-state index in [0.717, 1.165) is 28.8 Å². The number of benzene rings is 2. The Bertz CT molecular complexity index is 1100. The molecule has 2 unspecified atom stereocenters. The van der Waals surface area contributed by atoms with E-state index >= 15 is 0 Å². The predicted molar refractivity (Wildman–Crippen MR) is 120 cm³/mol. The average molecular weight is 400 g/mol. The average Bonchev–Trinajstić information content (AvgIpc) is 3.10. The summed E-state index contributed by atoms with van der Waals surface area (Å²) < 4.78 is 15.5. The summed E-state index contributed by atoms with van der Waals surface area (Å²) in [6, 6.07) is 21.2. The quantitative estimate of drug-likeness (QED) is 0.382. The van der Waals surface area contributed by atoms with E-state index in [-0.39, 0.29) is 5.82 Å². The van der Waals surface area contributed by atoms with E-state index in [1.54, 1.807) is 24.5 Å². The summed E-state index contributed by atoms with van der Waals surface area (Å²) in [6.45, 7) is 4.57. The number of aryl methyl sites for hydroxylation is 1. The second-order valence-corrected chi connectivity index (χ2v) is 7.92. The van der Waals surface area contributed by atoms with Crippen LogP contribution in [0.5, 0.6) is 0 Å². The number of nitrogens with zero attached hydrogens (tertiary/aromatic N) is 3. The minimum atomic E-state index is -0.245. The first-order valence-electron chi connectivity index (χ1n) is 10.3. The van der Waals surface area contributed by atoms with Gasteiger partial charge in [0.25, 0.3) is 0 Å². The molecule has 4 rings (SSSR count). The lowest BCUT2D eigenvalue weighted by molar-refractivity contribution is 0.470. The lowest BCUT2D eigenvalue weighted by atomic mass is 9.84. The summed E-state index contributed by atoms with van der Waals surface area (Å²) in [5.41, 5.74) is 6.48. The third-order valence-corrected chi connectivity index (χ3v) is 5.95. The molecule has 0 saturated heterocycles. The van der Waals surface area contributed by atoms with Gasteiger partial charge >= 0.3 is 0 Å². The molecule has 2 aromatic heterocycles. The minimum Gasteiger partial charge on any atom is -0.271 e. The van der Waals surface area contributed by atoms with Crippen LogP contribution in [-0.4, -0.2) is 14.8 Å². The van der Waals surface area contributed by atoms with Gasteiger partial charge in [-0.05, 0) is 65.8 Å². The van der Waals surface area contributed by atoms with Crippen LogP contribution in [0, 0.1) is 11.7 Å². The van der Waals surface area contributed by atoms with Crippen molar-refractivity contribution in [3.05, 3.63) is 96.2 Å². The van der Waals surface area contributed by atoms with Crippen LogP contribution in [-0.2, 0) is 13.5 Å². The number of halogens is 1. The Kier molecular flexibility index (Phi) is 5.75. The van der Waals surface area contributed by atoms with Crippen molar-refractivity contribution >= 4 is 0 Å². The highest BCUT2D eigenvalue weighted by atomic mass is 19.1. The Labute approximate surface area is 177 Å². The number of pyridine rings is 1. The fourth-order valence-electron chi connectivity index (χ4n) is 3.99. The molecule has 0 N–H and O–H groups in total. The standard InChI is InChI=1S/C26H26FN3/c1-18(19(2)20-7-5-4-6-8-20)17-24-25(21-13-15-28-16-14-21)26(29-30(24)3)22-9-11-23(27)12-10-22/h4-16,18-19H,17H2,1-3H3. The third-order valence-electron chi connectivity index (χ3n) is 5.95. The van der Waals surface area contributed by atoms with E-state index in [4.69, 9.17) is 5.10 Å². The largest absolute Gasteiger partial charge is 0.271 e. The van der Waals surface area contributed by atoms with Gasteiger partial charge in [0, 0.05) is 36.3 Å². The Balaban J connectivity index is 1.77. The van der Waals surface area contributed by atoms with E-state index in [0.29, 0.717) is 11.8 Å². The lowest BCUT2D eigenvalue weighted by Gasteiger charge is -2.21. The molecule has 2 atom stereocenters. The number of hydrogen-bond donors (Lipinski definition) is 0. The first-order chi connectivity index (χ1) is 14.5. The monoisotopic (exact) mass is 399 g/mol. The molecule has 152 valence electrons. The maximum absolute atomic E-state index is 13.5. The molecular formula is C26H26FN3. The summed E-state index contributed by atoms with van der Waals surface area (Å²) >= 11 is 0. The van der Waals surface area contributed by atoms with Crippen LogP contribution in [0.4, 0.5) is 4.39 Å². The van der Waals surface area contributed by atoms with E-state index < -0.39 is 0 Å². The van der Waals surface area contributed by atoms with Gasteiger partial charge < -0.3 is 0 Å². The smallest absolute Gasteiger partial charge is 0.123 e. The van der Waals surface area contributed by atoms with Crippen molar-refractivity contribution in [3.63, 3.8) is 0 Å². The van der Waals surface area contributed by atoms with Crippen molar-refractivity contribution in [2.75, 3.05) is 0 Å². The fourth-order valence-corrected chi connectivity index (χ4v) is 3.99. The van der Waals surface area contributed by atoms with Crippen LogP contribution in [0.15, 0.2) is 79.1 Å². The first-order valence-corrected chi connectivity index (χ1v) is 10.3. The van der Waals surface area contributed by atoms with E-state index in [2.05, 4.69) is 49.2 Å². The van der Waals surface area contributed by atoms with Crippen LogP contribution in [0.3, 0.4) is 0 Å². The van der Waals surface area contributed by atoms with Gasteiger partial charge in [-0.25, -0.2) is 4.39 Å². The topological polar surface area (TPSA) is 30.7 Å². The molecule has 4 heteroatoms. The minimum absolute atomic E-state index is 0.245. The molecule has 0 aliphatic rings. The highest BCUT2D eigenvalue weighted by Crippen LogP contribution is 2.37. The van der Waals surface area contributed by atoms with Crippen molar-refractivity contribution in [2.24, 2.45) is 13.0 Å². The molecule has 0 aliphatic heterocycles. The maximum Gasteiger partial charge on any atom is 0.123 e. The second kappa shape index (κ2) is 8.62. The molecule has 4 aromatic rings. The maximum atomic E-state index is 13.5. The molecule has 0 bridgehead atoms. The van der Waals surface area contributed by atoms with E-state index in [1.807, 2.05) is 23.9 Å². The van der Waals surface area contributed by atoms with Gasteiger partial charge in [-0.3, -0.25) is 9.67 Å². The summed E-state index contributed by atoms with van der Waals surface area (Å²) in [7, 11) is 1.99. The Morgan fingerprint density at radius 1 is 0.867 bits per heavy atom. The number of rotatable bonds is 6. The van der Waals surface area contributed by atoms with Gasteiger partial charge in [0.2, 0.25) is 0 Å². The summed E-state index contributed by atoms with van der Waals surface area (Å²) in [4.78, 5) is 4.17. The molecule has 0 spiro atoms. The molecule has 2 heterocycles. The molecule has 0 aliphatic carbocycles. The molecule has 0 radical (unpaired) electrons. The van der Waals surface area contributed by atoms with Gasteiger partial charge in [-0.15, -0.1) is 0 Å². The van der Waals surface area contributed by atoms with E-state index in [1.165, 1.54) is 23.4 Å². The molecule has 2 aromatic carbocycles. The normalized spacial score (nSPS) is 13.2. The van der Waals surface area contributed by atoms with Crippen molar-refractivity contribution in [3.8, 4) is 22.4 Å². The Hall–Kier alpha value is -3.27. The van der Waals surface area contributed by atoms with Gasteiger partial charge in [-0.1, -0.05) is 44.2 Å². The van der Waals surface area contributed by atoms with Crippen LogP contribution in [0.1, 0.15) is 31.0 Å². The van der Waals surface area contributed by atoms with Crippen LogP contribution < -0.4 is 0 Å². The molecule has 3 nitrogen and oxygen atoms in total. The van der Waals surface area contributed by atoms with Crippen LogP contribution >= 0.6 is 0 Å². The Morgan fingerprint density at radius 2 is 1.53 bits per heavy atom. The van der Waals surface area contributed by atoms with Gasteiger partial charge in [0.15, 0.2) is 0 Å². The third kappa shape index (κ3) is 4.04. The zero-order valence-corrected chi connectivity index (χ0v) is 17.6. The van der Waals surface area contributed by atoms with Crippen LogP contribution in [0.25, 0.3) is 22.4 Å². The summed E-state index contributed by atoms with van der Waals surface area (Å²) in [6.07, 6.45) is 4.49. The predicted octanol–water partition coefficient (Wildman–Crippen LogP) is 6.27. The van der Waals surface area contributed by atoms with Gasteiger partial charge in [-0.2, -0.15) is 5.10 Å². The second-order valence-electron chi connectivity index (χ2n) is 7.92. The zero-order valence-electron chi connectivity index (χ0n) is 17.6. The van der Waals surface area contributed by atoms with Gasteiger partial charge in [0.05, 0.1) is 0 Å². The van der Waals surface area contributed by atoms with Crippen molar-refractivity contribution in [2.45, 2.75) is 26.2 Å². The van der Waals surface area contributed by atoms with Gasteiger partial charge in [0.1, 0.15) is 11.5 Å². The molecule has 0 fully saturated rings. The van der Waals surface area contributed by atoms with Crippen molar-refractivity contribution in [1.29, 1.82) is 0 Å². The Morgan fingerprint density at radius 3 is 2.20 bits per heavy atom. The van der Waals surface area contributed by atoms with Crippen LogP contribution in [0.2, 0.25) is 0 Å². The first kappa shape index (κ1) is 20.0. The zero-order chi connectivity index (χ0) is 21.1. The number of aromatic nitrogens is 3. The highest BCUT2D eigenvalue weighted by molar-refractivity contribution is 5.82. The molecular weight excluding hydrogens is 373 g/mol. The summed E-state index contributed by atoms with van der Waals surface area (Å²) in [5.74, 6) is 0.593. The molecule has 0 amide bonds. The van der Waals surface area contributed by atoms with Crippen molar-refractivity contribution < 1.29 is 4.39 Å².